The fraction of sp³-hybridized carbons (Fsp3) is 0.286. The maximum absolute atomic E-state index is 12.8. The quantitative estimate of drug-likeness (QED) is 0.689. The second-order valence-electron chi connectivity index (χ2n) is 6.97. The van der Waals surface area contributed by atoms with Gasteiger partial charge in [0.25, 0.3) is 0 Å². The second kappa shape index (κ2) is 8.64. The Bertz CT molecular complexity index is 973. The van der Waals surface area contributed by atoms with Crippen molar-refractivity contribution in [2.24, 2.45) is 0 Å². The number of rotatable bonds is 6. The van der Waals surface area contributed by atoms with E-state index >= 15 is 0 Å². The van der Waals surface area contributed by atoms with Crippen LogP contribution in [0.3, 0.4) is 0 Å². The molecule has 0 bridgehead atoms. The van der Waals surface area contributed by atoms with Crippen molar-refractivity contribution in [2.45, 2.75) is 31.8 Å². The van der Waals surface area contributed by atoms with Gasteiger partial charge in [0.15, 0.2) is 5.82 Å². The molecule has 2 amide bonds. The highest BCUT2D eigenvalue weighted by atomic mass is 16.2. The molecule has 3 aromatic rings. The van der Waals surface area contributed by atoms with E-state index in [9.17, 15) is 9.59 Å². The number of likely N-dealkylation sites (tertiary alicyclic amines) is 1. The smallest absolute Gasteiger partial charge is 0.243 e. The molecule has 1 fully saturated rings. The molecule has 148 valence electrons. The Kier molecular flexibility index (Phi) is 5.60. The zero-order chi connectivity index (χ0) is 20.1. The lowest BCUT2D eigenvalue weighted by molar-refractivity contribution is -0.138. The fourth-order valence-corrected chi connectivity index (χ4v) is 3.58. The third kappa shape index (κ3) is 4.31. The van der Waals surface area contributed by atoms with Gasteiger partial charge in [-0.05, 0) is 41.0 Å². The zero-order valence-corrected chi connectivity index (χ0v) is 15.9. The molecule has 1 N–H and O–H groups in total. The van der Waals surface area contributed by atoms with Gasteiger partial charge in [0.2, 0.25) is 11.8 Å². The second-order valence-corrected chi connectivity index (χ2v) is 6.97. The van der Waals surface area contributed by atoms with Crippen molar-refractivity contribution in [3.8, 4) is 5.69 Å². The van der Waals surface area contributed by atoms with Crippen LogP contribution in [-0.2, 0) is 22.6 Å². The maximum Gasteiger partial charge on any atom is 0.243 e. The van der Waals surface area contributed by atoms with Crippen LogP contribution < -0.4 is 5.32 Å². The first-order chi connectivity index (χ1) is 14.2. The standard InChI is InChI=1S/C21H22N6O2/c28-20(14-16-8-3-1-4-9-16)26-13-7-12-18(26)21(29)22-15-19-23-24-25-27(19)17-10-5-2-6-11-17/h1-6,8-11,18H,7,12-15H2,(H,22,29). The summed E-state index contributed by atoms with van der Waals surface area (Å²) in [6.45, 7) is 0.795. The number of hydrogen-bond acceptors (Lipinski definition) is 5. The van der Waals surface area contributed by atoms with Crippen LogP contribution in [0.25, 0.3) is 5.69 Å². The number of tetrazole rings is 1. The van der Waals surface area contributed by atoms with Crippen molar-refractivity contribution >= 4 is 11.8 Å². The molecule has 8 heteroatoms. The highest BCUT2D eigenvalue weighted by molar-refractivity contribution is 5.89. The highest BCUT2D eigenvalue weighted by Gasteiger charge is 2.33. The molecule has 0 spiro atoms. The van der Waals surface area contributed by atoms with Gasteiger partial charge in [0.05, 0.1) is 18.7 Å². The minimum absolute atomic E-state index is 0.0250. The molecule has 1 aliphatic rings. The van der Waals surface area contributed by atoms with Crippen molar-refractivity contribution in [1.29, 1.82) is 0 Å². The van der Waals surface area contributed by atoms with Gasteiger partial charge in [-0.25, -0.2) is 0 Å². The average Bonchev–Trinajstić information content (AvgIpc) is 3.43. The fourth-order valence-electron chi connectivity index (χ4n) is 3.58. The summed E-state index contributed by atoms with van der Waals surface area (Å²) in [4.78, 5) is 27.2. The minimum atomic E-state index is -0.452. The number of carbonyl (C=O) groups is 2. The van der Waals surface area contributed by atoms with Crippen LogP contribution in [0.1, 0.15) is 24.2 Å². The first-order valence-corrected chi connectivity index (χ1v) is 9.66. The average molecular weight is 390 g/mol. The van der Waals surface area contributed by atoms with Gasteiger partial charge in [-0.2, -0.15) is 4.68 Å². The summed E-state index contributed by atoms with van der Waals surface area (Å²) >= 11 is 0. The SMILES string of the molecule is O=C(NCc1nnnn1-c1ccccc1)C1CCCN1C(=O)Cc1ccccc1. The Hall–Kier alpha value is -3.55. The molecule has 0 aliphatic carbocycles. The number of nitrogens with zero attached hydrogens (tertiary/aromatic N) is 5. The molecular formula is C21H22N6O2. The molecule has 0 radical (unpaired) electrons. The largest absolute Gasteiger partial charge is 0.347 e. The lowest BCUT2D eigenvalue weighted by Crippen LogP contribution is -2.46. The Morgan fingerprint density at radius 3 is 2.52 bits per heavy atom. The summed E-state index contributed by atoms with van der Waals surface area (Å²) in [7, 11) is 0. The normalized spacial score (nSPS) is 16.0. The lowest BCUT2D eigenvalue weighted by Gasteiger charge is -2.24. The van der Waals surface area contributed by atoms with Crippen molar-refractivity contribution < 1.29 is 9.59 Å². The van der Waals surface area contributed by atoms with Gasteiger partial charge in [0, 0.05) is 6.54 Å². The molecule has 1 unspecified atom stereocenters. The molecular weight excluding hydrogens is 368 g/mol. The van der Waals surface area contributed by atoms with E-state index in [1.165, 1.54) is 0 Å². The summed E-state index contributed by atoms with van der Waals surface area (Å²) in [5.74, 6) is 0.333. The number of para-hydroxylation sites is 1. The molecule has 0 saturated carbocycles. The van der Waals surface area contributed by atoms with Gasteiger partial charge >= 0.3 is 0 Å². The molecule has 2 aromatic carbocycles. The van der Waals surface area contributed by atoms with Crippen molar-refractivity contribution in [1.82, 2.24) is 30.4 Å². The van der Waals surface area contributed by atoms with Gasteiger partial charge < -0.3 is 10.2 Å². The molecule has 1 atom stereocenters. The highest BCUT2D eigenvalue weighted by Crippen LogP contribution is 2.19. The van der Waals surface area contributed by atoms with E-state index in [1.54, 1.807) is 9.58 Å². The molecule has 8 nitrogen and oxygen atoms in total. The van der Waals surface area contributed by atoms with Gasteiger partial charge in [-0.1, -0.05) is 48.5 Å². The number of carbonyl (C=O) groups excluding carboxylic acids is 2. The number of benzene rings is 2. The first-order valence-electron chi connectivity index (χ1n) is 9.66. The number of nitrogens with one attached hydrogen (secondary N) is 1. The summed E-state index contributed by atoms with van der Waals surface area (Å²) in [6, 6.07) is 18.6. The monoisotopic (exact) mass is 390 g/mol. The first kappa shape index (κ1) is 18.8. The number of aromatic nitrogens is 4. The number of amides is 2. The minimum Gasteiger partial charge on any atom is -0.347 e. The summed E-state index contributed by atoms with van der Waals surface area (Å²) in [5.41, 5.74) is 1.77. The van der Waals surface area contributed by atoms with Crippen LogP contribution >= 0.6 is 0 Å². The van der Waals surface area contributed by atoms with Crippen LogP contribution in [0.2, 0.25) is 0 Å². The Labute approximate surface area is 168 Å². The Morgan fingerprint density at radius 1 is 1.03 bits per heavy atom. The van der Waals surface area contributed by atoms with E-state index in [0.717, 1.165) is 17.7 Å². The van der Waals surface area contributed by atoms with Gasteiger partial charge in [-0.3, -0.25) is 9.59 Å². The van der Waals surface area contributed by atoms with Crippen LogP contribution in [0.5, 0.6) is 0 Å². The van der Waals surface area contributed by atoms with E-state index in [4.69, 9.17) is 0 Å². The van der Waals surface area contributed by atoms with Crippen molar-refractivity contribution in [2.75, 3.05) is 6.54 Å². The van der Waals surface area contributed by atoms with Crippen LogP contribution in [0.15, 0.2) is 60.7 Å². The molecule has 29 heavy (non-hydrogen) atoms. The Balaban J connectivity index is 1.38. The van der Waals surface area contributed by atoms with E-state index in [-0.39, 0.29) is 18.4 Å². The summed E-state index contributed by atoms with van der Waals surface area (Å²) < 4.78 is 1.59. The van der Waals surface area contributed by atoms with Gasteiger partial charge in [-0.15, -0.1) is 5.10 Å². The lowest BCUT2D eigenvalue weighted by atomic mass is 10.1. The molecule has 2 heterocycles. The van der Waals surface area contributed by atoms with E-state index in [0.29, 0.717) is 25.2 Å². The van der Waals surface area contributed by atoms with Crippen molar-refractivity contribution in [3.63, 3.8) is 0 Å². The van der Waals surface area contributed by atoms with E-state index in [2.05, 4.69) is 20.8 Å². The topological polar surface area (TPSA) is 93.0 Å². The predicted octanol–water partition coefficient (Wildman–Crippen LogP) is 1.51. The van der Waals surface area contributed by atoms with Crippen molar-refractivity contribution in [3.05, 3.63) is 72.1 Å². The predicted molar refractivity (Wildman–Crippen MR) is 106 cm³/mol. The number of hydrogen-bond donors (Lipinski definition) is 1. The van der Waals surface area contributed by atoms with Crippen LogP contribution in [-0.4, -0.2) is 49.5 Å². The summed E-state index contributed by atoms with van der Waals surface area (Å²) in [6.07, 6.45) is 1.78. The molecule has 1 aromatic heterocycles. The van der Waals surface area contributed by atoms with E-state index in [1.807, 2.05) is 60.7 Å². The zero-order valence-electron chi connectivity index (χ0n) is 15.9. The summed E-state index contributed by atoms with van der Waals surface area (Å²) in [5, 5.41) is 14.6. The third-order valence-electron chi connectivity index (χ3n) is 5.03. The third-order valence-corrected chi connectivity index (χ3v) is 5.03. The molecule has 1 aliphatic heterocycles. The van der Waals surface area contributed by atoms with Gasteiger partial charge in [0.1, 0.15) is 6.04 Å². The maximum atomic E-state index is 12.8. The van der Waals surface area contributed by atoms with Crippen LogP contribution in [0, 0.1) is 0 Å². The molecule has 1 saturated heterocycles. The Morgan fingerprint density at radius 2 is 1.76 bits per heavy atom. The van der Waals surface area contributed by atoms with Crippen LogP contribution in [0.4, 0.5) is 0 Å². The molecule has 4 rings (SSSR count). The van der Waals surface area contributed by atoms with E-state index < -0.39 is 6.04 Å².